The van der Waals surface area contributed by atoms with Gasteiger partial charge in [0.15, 0.2) is 0 Å². The van der Waals surface area contributed by atoms with Gasteiger partial charge in [-0.25, -0.2) is 0 Å². The molecule has 1 rings (SSSR count). The van der Waals surface area contributed by atoms with Crippen molar-refractivity contribution in [2.45, 2.75) is 50.7 Å². The predicted molar refractivity (Wildman–Crippen MR) is 70.3 cm³/mol. The highest BCUT2D eigenvalue weighted by molar-refractivity contribution is 5.84. The molecule has 0 aromatic rings. The average molecular weight is 258 g/mol. The van der Waals surface area contributed by atoms with E-state index in [0.29, 0.717) is 19.6 Å². The molecule has 5 nitrogen and oxygen atoms in total. The number of amides is 1. The Labute approximate surface area is 109 Å². The first kappa shape index (κ1) is 15.4. The Balaban J connectivity index is 2.53. The Hall–Kier alpha value is -0.650. The van der Waals surface area contributed by atoms with Gasteiger partial charge in [-0.05, 0) is 32.2 Å². The summed E-state index contributed by atoms with van der Waals surface area (Å²) in [7, 11) is 1.65. The summed E-state index contributed by atoms with van der Waals surface area (Å²) in [5, 5.41) is 3.32. The van der Waals surface area contributed by atoms with Gasteiger partial charge in [-0.2, -0.15) is 0 Å². The lowest BCUT2D eigenvalue weighted by molar-refractivity contribution is -0.128. The molecule has 1 amide bonds. The number of nitrogens with two attached hydrogens (primary N) is 1. The van der Waals surface area contributed by atoms with Crippen LogP contribution in [0.2, 0.25) is 0 Å². The van der Waals surface area contributed by atoms with Crippen LogP contribution in [0.5, 0.6) is 0 Å². The highest BCUT2D eigenvalue weighted by Crippen LogP contribution is 2.30. The van der Waals surface area contributed by atoms with E-state index in [0.717, 1.165) is 32.2 Å². The minimum Gasteiger partial charge on any atom is -0.382 e. The minimum atomic E-state index is -0.577. The lowest BCUT2D eigenvalue weighted by Gasteiger charge is -2.39. The Kier molecular flexibility index (Phi) is 6.60. The van der Waals surface area contributed by atoms with Gasteiger partial charge in [0.05, 0.1) is 19.3 Å². The number of methoxy groups -OCH3 is 1. The third-order valence-electron chi connectivity index (χ3n) is 3.53. The number of nitrogens with one attached hydrogen (secondary N) is 1. The topological polar surface area (TPSA) is 73.6 Å². The second-order valence-electron chi connectivity index (χ2n) is 4.96. The molecule has 1 aliphatic carbocycles. The van der Waals surface area contributed by atoms with Crippen LogP contribution in [0.4, 0.5) is 0 Å². The highest BCUT2D eigenvalue weighted by atomic mass is 16.5. The summed E-state index contributed by atoms with van der Waals surface area (Å²) in [5.41, 5.74) is 5.00. The van der Waals surface area contributed by atoms with E-state index in [1.807, 2.05) is 0 Å². The largest absolute Gasteiger partial charge is 0.382 e. The Bertz CT molecular complexity index is 261. The summed E-state index contributed by atoms with van der Waals surface area (Å²) in [6, 6.07) is 0. The standard InChI is InChI=1S/C13H26N2O3/c1-3-7-15-13(12(14)16)6-4-5-11(10-13)18-9-8-17-2/h11,15H,3-10H2,1-2H3,(H2,14,16). The molecule has 1 aliphatic rings. The van der Waals surface area contributed by atoms with Crippen LogP contribution in [-0.2, 0) is 14.3 Å². The van der Waals surface area contributed by atoms with Crippen molar-refractivity contribution in [2.24, 2.45) is 5.73 Å². The van der Waals surface area contributed by atoms with Crippen molar-refractivity contribution in [3.05, 3.63) is 0 Å². The van der Waals surface area contributed by atoms with Crippen LogP contribution in [0.3, 0.4) is 0 Å². The van der Waals surface area contributed by atoms with Crippen molar-refractivity contribution in [2.75, 3.05) is 26.9 Å². The quantitative estimate of drug-likeness (QED) is 0.632. The smallest absolute Gasteiger partial charge is 0.237 e. The maximum atomic E-state index is 11.7. The van der Waals surface area contributed by atoms with E-state index in [-0.39, 0.29) is 12.0 Å². The predicted octanol–water partition coefficient (Wildman–Crippen LogP) is 0.816. The van der Waals surface area contributed by atoms with Crippen LogP contribution in [0.25, 0.3) is 0 Å². The second kappa shape index (κ2) is 7.71. The lowest BCUT2D eigenvalue weighted by atomic mass is 9.79. The van der Waals surface area contributed by atoms with Crippen LogP contribution in [-0.4, -0.2) is 44.4 Å². The fourth-order valence-electron chi connectivity index (χ4n) is 2.50. The van der Waals surface area contributed by atoms with E-state index in [4.69, 9.17) is 15.2 Å². The van der Waals surface area contributed by atoms with Gasteiger partial charge in [0.2, 0.25) is 5.91 Å². The van der Waals surface area contributed by atoms with E-state index >= 15 is 0 Å². The van der Waals surface area contributed by atoms with Crippen LogP contribution in [0, 0.1) is 0 Å². The molecule has 1 fully saturated rings. The van der Waals surface area contributed by atoms with Gasteiger partial charge in [0.25, 0.3) is 0 Å². The van der Waals surface area contributed by atoms with Gasteiger partial charge in [0, 0.05) is 13.5 Å². The molecule has 2 atom stereocenters. The van der Waals surface area contributed by atoms with Gasteiger partial charge < -0.3 is 20.5 Å². The zero-order chi connectivity index (χ0) is 13.4. The van der Waals surface area contributed by atoms with E-state index in [1.165, 1.54) is 0 Å². The van der Waals surface area contributed by atoms with Crippen LogP contribution >= 0.6 is 0 Å². The summed E-state index contributed by atoms with van der Waals surface area (Å²) in [4.78, 5) is 11.7. The SMILES string of the molecule is CCCNC1(C(N)=O)CCCC(OCCOC)C1. The molecule has 1 saturated carbocycles. The van der Waals surface area contributed by atoms with Crippen molar-refractivity contribution < 1.29 is 14.3 Å². The number of ether oxygens (including phenoxy) is 2. The van der Waals surface area contributed by atoms with Crippen molar-refractivity contribution in [1.82, 2.24) is 5.32 Å². The summed E-state index contributed by atoms with van der Waals surface area (Å²) in [6.45, 7) is 4.05. The van der Waals surface area contributed by atoms with Crippen molar-refractivity contribution in [3.63, 3.8) is 0 Å². The van der Waals surface area contributed by atoms with E-state index in [2.05, 4.69) is 12.2 Å². The molecule has 106 valence electrons. The minimum absolute atomic E-state index is 0.103. The molecule has 0 aliphatic heterocycles. The number of carbonyl (C=O) groups excluding carboxylic acids is 1. The van der Waals surface area contributed by atoms with Crippen LogP contribution < -0.4 is 11.1 Å². The van der Waals surface area contributed by atoms with Crippen molar-refractivity contribution >= 4 is 5.91 Å². The van der Waals surface area contributed by atoms with Gasteiger partial charge in [0.1, 0.15) is 5.54 Å². The molecule has 0 saturated heterocycles. The number of hydrogen-bond acceptors (Lipinski definition) is 4. The maximum Gasteiger partial charge on any atom is 0.237 e. The molecule has 18 heavy (non-hydrogen) atoms. The molecule has 3 N–H and O–H groups in total. The van der Waals surface area contributed by atoms with E-state index in [9.17, 15) is 4.79 Å². The van der Waals surface area contributed by atoms with Gasteiger partial charge in [-0.1, -0.05) is 6.92 Å². The van der Waals surface area contributed by atoms with Crippen LogP contribution in [0.1, 0.15) is 39.0 Å². The molecule has 0 aromatic carbocycles. The second-order valence-corrected chi connectivity index (χ2v) is 4.96. The Morgan fingerprint density at radius 2 is 2.28 bits per heavy atom. The van der Waals surface area contributed by atoms with Gasteiger partial charge in [-0.15, -0.1) is 0 Å². The lowest BCUT2D eigenvalue weighted by Crippen LogP contribution is -2.59. The van der Waals surface area contributed by atoms with E-state index < -0.39 is 5.54 Å². The normalized spacial score (nSPS) is 28.2. The molecular formula is C13H26N2O3. The van der Waals surface area contributed by atoms with Crippen molar-refractivity contribution in [3.8, 4) is 0 Å². The van der Waals surface area contributed by atoms with Gasteiger partial charge >= 0.3 is 0 Å². The van der Waals surface area contributed by atoms with Gasteiger partial charge in [-0.3, -0.25) is 4.79 Å². The van der Waals surface area contributed by atoms with E-state index in [1.54, 1.807) is 7.11 Å². The summed E-state index contributed by atoms with van der Waals surface area (Å²) in [5.74, 6) is -0.254. The zero-order valence-electron chi connectivity index (χ0n) is 11.5. The average Bonchev–Trinajstić information content (AvgIpc) is 2.37. The molecule has 5 heteroatoms. The summed E-state index contributed by atoms with van der Waals surface area (Å²) in [6.07, 6.45) is 4.54. The molecule has 0 aromatic heterocycles. The number of rotatable bonds is 8. The molecule has 0 radical (unpaired) electrons. The number of carbonyl (C=O) groups is 1. The first-order chi connectivity index (χ1) is 8.64. The third-order valence-corrected chi connectivity index (χ3v) is 3.53. The first-order valence-corrected chi connectivity index (χ1v) is 6.80. The number of primary amides is 1. The molecule has 2 unspecified atom stereocenters. The summed E-state index contributed by atoms with van der Waals surface area (Å²) >= 11 is 0. The van der Waals surface area contributed by atoms with Crippen LogP contribution in [0.15, 0.2) is 0 Å². The maximum absolute atomic E-state index is 11.7. The molecule has 0 bridgehead atoms. The number of hydrogen-bond donors (Lipinski definition) is 2. The fourth-order valence-corrected chi connectivity index (χ4v) is 2.50. The summed E-state index contributed by atoms with van der Waals surface area (Å²) < 4.78 is 10.7. The third kappa shape index (κ3) is 4.23. The Morgan fingerprint density at radius 3 is 2.89 bits per heavy atom. The monoisotopic (exact) mass is 258 g/mol. The molecular weight excluding hydrogens is 232 g/mol. The first-order valence-electron chi connectivity index (χ1n) is 6.80. The molecule has 0 spiro atoms. The molecule has 0 heterocycles. The fraction of sp³-hybridized carbons (Fsp3) is 0.923. The zero-order valence-corrected chi connectivity index (χ0v) is 11.5. The van der Waals surface area contributed by atoms with Crippen molar-refractivity contribution in [1.29, 1.82) is 0 Å². The highest BCUT2D eigenvalue weighted by Gasteiger charge is 2.41. The Morgan fingerprint density at radius 1 is 1.50 bits per heavy atom.